The van der Waals surface area contributed by atoms with Gasteiger partial charge in [0.05, 0.1) is 18.6 Å². The SMILES string of the molecule is COc1ccc([C@@H]2CN(C3CCCCC3)C[C@@]2(F)C(=O)N2CCC(c3ccc(C(F)(F)F)cc3N3CCC(C(=O)O)CC3)CC2)cc1. The first-order valence-electron chi connectivity index (χ1n) is 17.0. The van der Waals surface area contributed by atoms with E-state index in [0.717, 1.165) is 42.9 Å². The Labute approximate surface area is 273 Å². The molecule has 0 aromatic heterocycles. The van der Waals surface area contributed by atoms with Crippen LogP contribution < -0.4 is 9.64 Å². The molecular weight excluding hydrogens is 614 g/mol. The summed E-state index contributed by atoms with van der Waals surface area (Å²) < 4.78 is 64.0. The Hall–Kier alpha value is -3.34. The van der Waals surface area contributed by atoms with Gasteiger partial charge in [-0.15, -0.1) is 0 Å². The number of carbonyl (C=O) groups is 2. The lowest BCUT2D eigenvalue weighted by atomic mass is 9.83. The maximum Gasteiger partial charge on any atom is 0.416 e. The van der Waals surface area contributed by atoms with Crippen LogP contribution in [0.25, 0.3) is 0 Å². The van der Waals surface area contributed by atoms with Gasteiger partial charge in [0, 0.05) is 56.9 Å². The Morgan fingerprint density at radius 3 is 2.15 bits per heavy atom. The van der Waals surface area contributed by atoms with Crippen molar-refractivity contribution in [3.63, 3.8) is 0 Å². The fourth-order valence-corrected chi connectivity index (χ4v) is 8.36. The maximum absolute atomic E-state index is 17.4. The summed E-state index contributed by atoms with van der Waals surface area (Å²) in [5.74, 6) is -1.94. The molecule has 0 spiro atoms. The van der Waals surface area contributed by atoms with E-state index in [0.29, 0.717) is 69.8 Å². The molecule has 11 heteroatoms. The summed E-state index contributed by atoms with van der Waals surface area (Å²) in [6.45, 7) is 1.88. The molecule has 256 valence electrons. The van der Waals surface area contributed by atoms with Gasteiger partial charge in [-0.1, -0.05) is 37.5 Å². The summed E-state index contributed by atoms with van der Waals surface area (Å²) in [6, 6.07) is 11.4. The predicted octanol–water partition coefficient (Wildman–Crippen LogP) is 6.86. The van der Waals surface area contributed by atoms with E-state index in [2.05, 4.69) is 4.90 Å². The number of anilines is 1. The molecule has 6 rings (SSSR count). The number of benzene rings is 2. The predicted molar refractivity (Wildman–Crippen MR) is 171 cm³/mol. The summed E-state index contributed by atoms with van der Waals surface area (Å²) in [6.07, 6.45) is 2.65. The van der Waals surface area contributed by atoms with Gasteiger partial charge in [-0.3, -0.25) is 14.5 Å². The van der Waals surface area contributed by atoms with Crippen molar-refractivity contribution in [1.82, 2.24) is 9.80 Å². The number of nitrogens with zero attached hydrogens (tertiary/aromatic N) is 3. The third-order valence-corrected chi connectivity index (χ3v) is 11.1. The van der Waals surface area contributed by atoms with Crippen LogP contribution in [0.1, 0.15) is 86.3 Å². The number of carboxylic acids is 1. The highest BCUT2D eigenvalue weighted by Crippen LogP contribution is 2.45. The molecule has 47 heavy (non-hydrogen) atoms. The van der Waals surface area contributed by atoms with Gasteiger partial charge in [0.1, 0.15) is 5.75 Å². The summed E-state index contributed by atoms with van der Waals surface area (Å²) in [4.78, 5) is 31.3. The number of methoxy groups -OCH3 is 1. The molecule has 3 saturated heterocycles. The van der Waals surface area contributed by atoms with Crippen molar-refractivity contribution in [1.29, 1.82) is 0 Å². The molecule has 7 nitrogen and oxygen atoms in total. The standard InChI is InChI=1S/C36H45F4N3O4/c1-47-29-10-7-25(8-11-29)31-22-43(28-5-3-2-4-6-28)23-35(31,37)34(46)42-19-13-24(14-20-42)30-12-9-27(36(38,39)40)21-32(30)41-17-15-26(16-18-41)33(44)45/h7-12,21,24,26,28,31H,2-6,13-20,22-23H2,1H3,(H,44,45)/t31-,35-/m0/s1. The highest BCUT2D eigenvalue weighted by molar-refractivity contribution is 5.87. The zero-order valence-electron chi connectivity index (χ0n) is 27.0. The Bertz CT molecular complexity index is 1410. The molecular formula is C36H45F4N3O4. The molecule has 2 aromatic rings. The summed E-state index contributed by atoms with van der Waals surface area (Å²) >= 11 is 0. The van der Waals surface area contributed by atoms with E-state index in [-0.39, 0.29) is 18.5 Å². The minimum atomic E-state index is -4.51. The molecule has 1 aliphatic carbocycles. The largest absolute Gasteiger partial charge is 0.497 e. The normalized spacial score (nSPS) is 25.7. The summed E-state index contributed by atoms with van der Waals surface area (Å²) in [7, 11) is 1.58. The number of carboxylic acid groups (broad SMARTS) is 1. The average Bonchev–Trinajstić information content (AvgIpc) is 3.46. The third-order valence-electron chi connectivity index (χ3n) is 11.1. The van der Waals surface area contributed by atoms with Gasteiger partial charge < -0.3 is 19.6 Å². The van der Waals surface area contributed by atoms with E-state index in [9.17, 15) is 27.9 Å². The lowest BCUT2D eigenvalue weighted by Crippen LogP contribution is -2.53. The zero-order chi connectivity index (χ0) is 33.3. The van der Waals surface area contributed by atoms with Crippen molar-refractivity contribution >= 4 is 17.6 Å². The van der Waals surface area contributed by atoms with Crippen LogP contribution in [0.4, 0.5) is 23.2 Å². The number of halogens is 4. The summed E-state index contributed by atoms with van der Waals surface area (Å²) in [5.41, 5.74) is -0.802. The van der Waals surface area contributed by atoms with Crippen molar-refractivity contribution < 1.29 is 37.0 Å². The third kappa shape index (κ3) is 6.96. The Balaban J connectivity index is 1.20. The van der Waals surface area contributed by atoms with E-state index < -0.39 is 41.1 Å². The van der Waals surface area contributed by atoms with Gasteiger partial charge in [0.15, 0.2) is 0 Å². The molecule has 1 N–H and O–H groups in total. The minimum absolute atomic E-state index is 0.0580. The number of ether oxygens (including phenoxy) is 1. The van der Waals surface area contributed by atoms with Gasteiger partial charge in [-0.25, -0.2) is 4.39 Å². The number of amides is 1. The number of likely N-dealkylation sites (tertiary alicyclic amines) is 2. The van der Waals surface area contributed by atoms with E-state index in [1.807, 2.05) is 17.0 Å². The number of aliphatic carboxylic acids is 1. The van der Waals surface area contributed by atoms with Crippen LogP contribution in [0.3, 0.4) is 0 Å². The molecule has 2 aromatic carbocycles. The van der Waals surface area contributed by atoms with Crippen LogP contribution in [0.5, 0.6) is 5.75 Å². The van der Waals surface area contributed by atoms with Gasteiger partial charge >= 0.3 is 12.1 Å². The van der Waals surface area contributed by atoms with Crippen LogP contribution in [0.15, 0.2) is 42.5 Å². The van der Waals surface area contributed by atoms with Gasteiger partial charge in [-0.2, -0.15) is 13.2 Å². The number of hydrogen-bond acceptors (Lipinski definition) is 5. The van der Waals surface area contributed by atoms with Crippen LogP contribution in [0.2, 0.25) is 0 Å². The fourth-order valence-electron chi connectivity index (χ4n) is 8.36. The molecule has 2 atom stereocenters. The van der Waals surface area contributed by atoms with Gasteiger partial charge in [-0.05, 0) is 79.8 Å². The molecule has 1 saturated carbocycles. The molecule has 3 heterocycles. The van der Waals surface area contributed by atoms with Crippen molar-refractivity contribution in [3.05, 3.63) is 59.2 Å². The fraction of sp³-hybridized carbons (Fsp3) is 0.611. The average molecular weight is 660 g/mol. The second-order valence-electron chi connectivity index (χ2n) is 13.8. The smallest absolute Gasteiger partial charge is 0.416 e. The minimum Gasteiger partial charge on any atom is -0.497 e. The molecule has 0 radical (unpaired) electrons. The molecule has 3 aliphatic heterocycles. The van der Waals surface area contributed by atoms with Crippen molar-refractivity contribution in [2.45, 2.75) is 87.5 Å². The van der Waals surface area contributed by atoms with E-state index in [1.54, 1.807) is 30.2 Å². The van der Waals surface area contributed by atoms with Crippen molar-refractivity contribution in [2.75, 3.05) is 51.3 Å². The lowest BCUT2D eigenvalue weighted by Gasteiger charge is -2.39. The Morgan fingerprint density at radius 2 is 1.55 bits per heavy atom. The molecule has 1 amide bonds. The molecule has 4 aliphatic rings. The topological polar surface area (TPSA) is 73.3 Å². The number of carbonyl (C=O) groups excluding carboxylic acids is 1. The van der Waals surface area contributed by atoms with E-state index in [1.165, 1.54) is 12.5 Å². The monoisotopic (exact) mass is 659 g/mol. The highest BCUT2D eigenvalue weighted by Gasteiger charge is 2.56. The van der Waals surface area contributed by atoms with Gasteiger partial charge in [0.2, 0.25) is 5.67 Å². The van der Waals surface area contributed by atoms with Crippen LogP contribution in [-0.4, -0.2) is 84.9 Å². The van der Waals surface area contributed by atoms with Crippen LogP contribution >= 0.6 is 0 Å². The Kier molecular flexibility index (Phi) is 9.74. The second-order valence-corrected chi connectivity index (χ2v) is 13.8. The lowest BCUT2D eigenvalue weighted by molar-refractivity contribution is -0.145. The zero-order valence-corrected chi connectivity index (χ0v) is 27.0. The Morgan fingerprint density at radius 1 is 0.894 bits per heavy atom. The second kappa shape index (κ2) is 13.6. The number of alkyl halides is 4. The maximum atomic E-state index is 17.4. The summed E-state index contributed by atoms with van der Waals surface area (Å²) in [5, 5.41) is 9.42. The van der Waals surface area contributed by atoms with Gasteiger partial charge in [0.25, 0.3) is 5.91 Å². The van der Waals surface area contributed by atoms with E-state index in [4.69, 9.17) is 4.74 Å². The quantitative estimate of drug-likeness (QED) is 0.328. The molecule has 0 unspecified atom stereocenters. The number of rotatable bonds is 7. The first-order chi connectivity index (χ1) is 22.5. The number of hydrogen-bond donors (Lipinski definition) is 1. The highest BCUT2D eigenvalue weighted by atomic mass is 19.4. The van der Waals surface area contributed by atoms with Crippen molar-refractivity contribution in [3.8, 4) is 5.75 Å². The molecule has 4 fully saturated rings. The molecule has 0 bridgehead atoms. The van der Waals surface area contributed by atoms with Crippen LogP contribution in [0, 0.1) is 5.92 Å². The first kappa shape index (κ1) is 33.6. The first-order valence-corrected chi connectivity index (χ1v) is 17.0. The van der Waals surface area contributed by atoms with Crippen LogP contribution in [-0.2, 0) is 15.8 Å². The van der Waals surface area contributed by atoms with Crippen molar-refractivity contribution in [2.24, 2.45) is 5.92 Å². The number of piperidine rings is 2. The van der Waals surface area contributed by atoms with E-state index >= 15 is 4.39 Å².